The Kier molecular flexibility index (Phi) is 4.46. The average Bonchev–Trinajstić information content (AvgIpc) is 2.34. The van der Waals surface area contributed by atoms with Gasteiger partial charge in [0.25, 0.3) is 0 Å². The van der Waals surface area contributed by atoms with E-state index in [0.29, 0.717) is 0 Å². The van der Waals surface area contributed by atoms with Gasteiger partial charge >= 0.3 is 0 Å². The Morgan fingerprint density at radius 2 is 2.06 bits per heavy atom. The summed E-state index contributed by atoms with van der Waals surface area (Å²) in [6.45, 7) is 5.33. The van der Waals surface area contributed by atoms with Crippen molar-refractivity contribution in [2.24, 2.45) is 11.7 Å². The van der Waals surface area contributed by atoms with Crippen LogP contribution in [0.25, 0.3) is 0 Å². The smallest absolute Gasteiger partial charge is 0.0369 e. The highest BCUT2D eigenvalue weighted by Crippen LogP contribution is 2.27. The van der Waals surface area contributed by atoms with E-state index in [1.165, 1.54) is 48.1 Å². The van der Waals surface area contributed by atoms with Gasteiger partial charge in [-0.2, -0.15) is 0 Å². The molecule has 0 atom stereocenters. The minimum Gasteiger partial charge on any atom is -0.372 e. The van der Waals surface area contributed by atoms with Gasteiger partial charge in [-0.05, 0) is 62.4 Å². The van der Waals surface area contributed by atoms with Crippen molar-refractivity contribution in [2.45, 2.75) is 26.2 Å². The van der Waals surface area contributed by atoms with Gasteiger partial charge in [0.15, 0.2) is 0 Å². The molecule has 1 aromatic rings. The summed E-state index contributed by atoms with van der Waals surface area (Å²) >= 11 is 3.55. The summed E-state index contributed by atoms with van der Waals surface area (Å²) in [4.78, 5) is 2.49. The molecule has 94 valence electrons. The predicted molar refractivity (Wildman–Crippen MR) is 77.5 cm³/mol. The highest BCUT2D eigenvalue weighted by atomic mass is 79.9. The van der Waals surface area contributed by atoms with Crippen LogP contribution < -0.4 is 10.6 Å². The fourth-order valence-corrected chi connectivity index (χ4v) is 2.79. The number of nitrogens with two attached hydrogens (primary N) is 1. The lowest BCUT2D eigenvalue weighted by Crippen LogP contribution is -2.34. The quantitative estimate of drug-likeness (QED) is 0.927. The third kappa shape index (κ3) is 3.23. The molecule has 1 aliphatic heterocycles. The lowest BCUT2D eigenvalue weighted by Gasteiger charge is -2.33. The highest BCUT2D eigenvalue weighted by Gasteiger charge is 2.18. The number of hydrogen-bond donors (Lipinski definition) is 1. The third-order valence-corrected chi connectivity index (χ3v) is 4.59. The first kappa shape index (κ1) is 12.9. The fourth-order valence-electron chi connectivity index (χ4n) is 2.54. The third-order valence-electron chi connectivity index (χ3n) is 3.70. The van der Waals surface area contributed by atoms with Crippen LogP contribution in [0.15, 0.2) is 22.7 Å². The molecule has 1 aromatic carbocycles. The maximum atomic E-state index is 5.62. The summed E-state index contributed by atoms with van der Waals surface area (Å²) in [6.07, 6.45) is 3.76. The van der Waals surface area contributed by atoms with Crippen LogP contribution in [0, 0.1) is 12.8 Å². The summed E-state index contributed by atoms with van der Waals surface area (Å²) in [7, 11) is 0. The Balaban J connectivity index is 1.98. The number of nitrogens with zero attached hydrogens (tertiary/aromatic N) is 1. The highest BCUT2D eigenvalue weighted by molar-refractivity contribution is 9.10. The van der Waals surface area contributed by atoms with Crippen molar-refractivity contribution in [1.29, 1.82) is 0 Å². The van der Waals surface area contributed by atoms with Crippen LogP contribution in [0.4, 0.5) is 5.69 Å². The van der Waals surface area contributed by atoms with Crippen LogP contribution in [0.5, 0.6) is 0 Å². The van der Waals surface area contributed by atoms with Crippen LogP contribution in [0.1, 0.15) is 24.8 Å². The molecule has 3 heteroatoms. The van der Waals surface area contributed by atoms with Crippen LogP contribution in [0.3, 0.4) is 0 Å². The second-order valence-electron chi connectivity index (χ2n) is 4.94. The van der Waals surface area contributed by atoms with E-state index in [2.05, 4.69) is 46.0 Å². The molecule has 17 heavy (non-hydrogen) atoms. The monoisotopic (exact) mass is 296 g/mol. The molecule has 0 aliphatic carbocycles. The van der Waals surface area contributed by atoms with E-state index >= 15 is 0 Å². The molecular formula is C14H21BrN2. The summed E-state index contributed by atoms with van der Waals surface area (Å²) in [6, 6.07) is 6.63. The first-order valence-electron chi connectivity index (χ1n) is 6.42. The molecule has 0 spiro atoms. The van der Waals surface area contributed by atoms with Crippen molar-refractivity contribution in [3.8, 4) is 0 Å². The predicted octanol–water partition coefficient (Wildman–Crippen LogP) is 3.32. The molecule has 1 saturated heterocycles. The molecule has 1 heterocycles. The molecule has 2 nitrogen and oxygen atoms in total. The van der Waals surface area contributed by atoms with Crippen molar-refractivity contribution in [3.05, 3.63) is 28.2 Å². The molecule has 2 N–H and O–H groups in total. The molecule has 0 amide bonds. The summed E-state index contributed by atoms with van der Waals surface area (Å²) in [5.41, 5.74) is 8.29. The standard InChI is InChI=1S/C14H21BrN2/c1-11-10-13(2-3-14(11)15)17-8-5-12(4-7-16)6-9-17/h2-3,10,12H,4-9,16H2,1H3. The van der Waals surface area contributed by atoms with Crippen LogP contribution in [-0.2, 0) is 0 Å². The summed E-state index contributed by atoms with van der Waals surface area (Å²) in [5, 5.41) is 0. The van der Waals surface area contributed by atoms with Crippen molar-refractivity contribution < 1.29 is 0 Å². The molecule has 1 aliphatic rings. The molecule has 2 rings (SSSR count). The Morgan fingerprint density at radius 3 is 2.65 bits per heavy atom. The Bertz CT molecular complexity index is 370. The number of rotatable bonds is 3. The van der Waals surface area contributed by atoms with Gasteiger partial charge in [0.2, 0.25) is 0 Å². The maximum Gasteiger partial charge on any atom is 0.0369 e. The zero-order chi connectivity index (χ0) is 12.3. The zero-order valence-corrected chi connectivity index (χ0v) is 12.0. The van der Waals surface area contributed by atoms with Crippen molar-refractivity contribution in [3.63, 3.8) is 0 Å². The van der Waals surface area contributed by atoms with Gasteiger partial charge in [0.05, 0.1) is 0 Å². The number of piperidine rings is 1. The van der Waals surface area contributed by atoms with Gasteiger partial charge in [-0.1, -0.05) is 15.9 Å². The molecule has 0 radical (unpaired) electrons. The van der Waals surface area contributed by atoms with Crippen molar-refractivity contribution in [1.82, 2.24) is 0 Å². The normalized spacial score (nSPS) is 17.5. The Morgan fingerprint density at radius 1 is 1.35 bits per heavy atom. The van der Waals surface area contributed by atoms with Gasteiger partial charge < -0.3 is 10.6 Å². The van der Waals surface area contributed by atoms with Crippen molar-refractivity contribution >= 4 is 21.6 Å². The van der Waals surface area contributed by atoms with E-state index in [9.17, 15) is 0 Å². The topological polar surface area (TPSA) is 29.3 Å². The van der Waals surface area contributed by atoms with E-state index < -0.39 is 0 Å². The van der Waals surface area contributed by atoms with Gasteiger partial charge in [-0.3, -0.25) is 0 Å². The maximum absolute atomic E-state index is 5.62. The average molecular weight is 297 g/mol. The molecule has 0 saturated carbocycles. The second-order valence-corrected chi connectivity index (χ2v) is 5.80. The SMILES string of the molecule is Cc1cc(N2CCC(CCN)CC2)ccc1Br. The second kappa shape index (κ2) is 5.87. The van der Waals surface area contributed by atoms with Gasteiger partial charge in [-0.25, -0.2) is 0 Å². The number of aryl methyl sites for hydroxylation is 1. The first-order valence-corrected chi connectivity index (χ1v) is 7.21. The Hall–Kier alpha value is -0.540. The minimum absolute atomic E-state index is 0.835. The van der Waals surface area contributed by atoms with Gasteiger partial charge in [0.1, 0.15) is 0 Å². The van der Waals surface area contributed by atoms with Crippen LogP contribution >= 0.6 is 15.9 Å². The largest absolute Gasteiger partial charge is 0.372 e. The number of hydrogen-bond acceptors (Lipinski definition) is 2. The number of benzene rings is 1. The number of halogens is 1. The summed E-state index contributed by atoms with van der Waals surface area (Å²) < 4.78 is 1.19. The van der Waals surface area contributed by atoms with E-state index in [-0.39, 0.29) is 0 Å². The van der Waals surface area contributed by atoms with Crippen LogP contribution in [0.2, 0.25) is 0 Å². The molecule has 0 aromatic heterocycles. The zero-order valence-electron chi connectivity index (χ0n) is 10.5. The molecule has 1 fully saturated rings. The van der Waals surface area contributed by atoms with Gasteiger partial charge in [-0.15, -0.1) is 0 Å². The molecular weight excluding hydrogens is 276 g/mol. The van der Waals surface area contributed by atoms with E-state index in [1.807, 2.05) is 0 Å². The summed E-state index contributed by atoms with van der Waals surface area (Å²) in [5.74, 6) is 0.841. The van der Waals surface area contributed by atoms with Crippen molar-refractivity contribution in [2.75, 3.05) is 24.5 Å². The van der Waals surface area contributed by atoms with E-state index in [0.717, 1.165) is 12.5 Å². The lowest BCUT2D eigenvalue weighted by molar-refractivity contribution is 0.386. The molecule has 0 bridgehead atoms. The van der Waals surface area contributed by atoms with E-state index in [1.54, 1.807) is 0 Å². The van der Waals surface area contributed by atoms with Gasteiger partial charge in [0, 0.05) is 23.2 Å². The molecule has 0 unspecified atom stereocenters. The van der Waals surface area contributed by atoms with E-state index in [4.69, 9.17) is 5.73 Å². The fraction of sp³-hybridized carbons (Fsp3) is 0.571. The Labute approximate surface area is 112 Å². The lowest BCUT2D eigenvalue weighted by atomic mass is 9.93. The first-order chi connectivity index (χ1) is 8.20. The minimum atomic E-state index is 0.835. The number of anilines is 1. The van der Waals surface area contributed by atoms with Crippen LogP contribution in [-0.4, -0.2) is 19.6 Å².